The number of amides is 1. The third-order valence-electron chi connectivity index (χ3n) is 10.8. The van der Waals surface area contributed by atoms with Crippen LogP contribution in [0, 0.1) is 0 Å². The van der Waals surface area contributed by atoms with Crippen LogP contribution in [-0.2, 0) is 27.9 Å². The summed E-state index contributed by atoms with van der Waals surface area (Å²) in [5, 5.41) is 2.99. The van der Waals surface area contributed by atoms with Crippen molar-refractivity contribution in [1.29, 1.82) is 0 Å². The van der Waals surface area contributed by atoms with E-state index in [-0.39, 0.29) is 24.9 Å². The molecule has 3 atom stereocenters. The fraction of sp³-hybridized carbons (Fsp3) is 0.804. The molecule has 9 nitrogen and oxygen atoms in total. The molecule has 61 heavy (non-hydrogen) atoms. The Morgan fingerprint density at radius 2 is 1.05 bits per heavy atom. The van der Waals surface area contributed by atoms with E-state index in [4.69, 9.17) is 13.8 Å². The van der Waals surface area contributed by atoms with Gasteiger partial charge in [0.25, 0.3) is 7.82 Å². The fourth-order valence-electron chi connectivity index (χ4n) is 6.93. The lowest BCUT2D eigenvalue weighted by atomic mass is 10.0. The molecule has 0 radical (unpaired) electrons. The van der Waals surface area contributed by atoms with Crippen LogP contribution in [0.1, 0.15) is 213 Å². The topological polar surface area (TPSA) is 114 Å². The lowest BCUT2D eigenvalue weighted by Crippen LogP contribution is -2.47. The Labute approximate surface area is 376 Å². The van der Waals surface area contributed by atoms with Crippen molar-refractivity contribution in [2.75, 3.05) is 40.9 Å². The Balaban J connectivity index is 5.48. The molecule has 0 aromatic heterocycles. The van der Waals surface area contributed by atoms with Crippen molar-refractivity contribution in [3.63, 3.8) is 0 Å². The molecule has 0 bridgehead atoms. The first kappa shape index (κ1) is 59.0. The molecule has 0 spiro atoms. The van der Waals surface area contributed by atoms with Crippen LogP contribution in [0.25, 0.3) is 0 Å². The largest absolute Gasteiger partial charge is 0.756 e. The lowest BCUT2D eigenvalue weighted by Gasteiger charge is -2.30. The van der Waals surface area contributed by atoms with Gasteiger partial charge in [0.1, 0.15) is 19.3 Å². The highest BCUT2D eigenvalue weighted by molar-refractivity contribution is 7.45. The molecule has 0 aromatic rings. The quantitative estimate of drug-likeness (QED) is 0.0162. The first-order valence-corrected chi connectivity index (χ1v) is 26.4. The van der Waals surface area contributed by atoms with Crippen molar-refractivity contribution in [2.45, 2.75) is 226 Å². The van der Waals surface area contributed by atoms with Crippen LogP contribution in [0.4, 0.5) is 0 Å². The molecule has 0 aliphatic heterocycles. The number of phosphoric ester groups is 1. The second kappa shape index (κ2) is 42.0. The molecule has 1 amide bonds. The number of unbranched alkanes of at least 4 members (excludes halogenated alkanes) is 24. The summed E-state index contributed by atoms with van der Waals surface area (Å²) in [5.74, 6) is -0.567. The van der Waals surface area contributed by atoms with Crippen molar-refractivity contribution >= 4 is 19.7 Å². The zero-order valence-electron chi connectivity index (χ0n) is 40.4. The minimum atomic E-state index is -4.68. The van der Waals surface area contributed by atoms with Gasteiger partial charge >= 0.3 is 5.97 Å². The van der Waals surface area contributed by atoms with Gasteiger partial charge in [-0.15, -0.1) is 0 Å². The van der Waals surface area contributed by atoms with E-state index in [1.54, 1.807) is 0 Å². The highest BCUT2D eigenvalue weighted by Gasteiger charge is 2.27. The number of carbonyl (C=O) groups is 2. The second-order valence-corrected chi connectivity index (χ2v) is 19.4. The molecule has 0 heterocycles. The summed E-state index contributed by atoms with van der Waals surface area (Å²) in [4.78, 5) is 39.5. The lowest BCUT2D eigenvalue weighted by molar-refractivity contribution is -0.870. The average Bonchev–Trinajstić information content (AvgIpc) is 3.21. The average molecular weight is 879 g/mol. The van der Waals surface area contributed by atoms with Crippen LogP contribution in [0.3, 0.4) is 0 Å². The zero-order valence-corrected chi connectivity index (χ0v) is 41.3. The number of ether oxygens (including phenoxy) is 1. The van der Waals surface area contributed by atoms with Gasteiger partial charge in [0.15, 0.2) is 0 Å². The number of nitrogens with zero attached hydrogens (tertiary/aromatic N) is 1. The number of rotatable bonds is 44. The summed E-state index contributed by atoms with van der Waals surface area (Å²) >= 11 is 0. The van der Waals surface area contributed by atoms with Gasteiger partial charge in [-0.2, -0.15) is 0 Å². The monoisotopic (exact) mass is 879 g/mol. The Morgan fingerprint density at radius 3 is 1.56 bits per heavy atom. The zero-order chi connectivity index (χ0) is 45.1. The summed E-state index contributed by atoms with van der Waals surface area (Å²) in [7, 11) is 1.17. The molecule has 0 aliphatic rings. The molecule has 0 saturated heterocycles. The van der Waals surface area contributed by atoms with E-state index in [0.717, 1.165) is 77.0 Å². The van der Waals surface area contributed by atoms with Crippen molar-refractivity contribution < 1.29 is 37.3 Å². The number of hydrogen-bond acceptors (Lipinski definition) is 7. The van der Waals surface area contributed by atoms with Crippen molar-refractivity contribution in [3.8, 4) is 0 Å². The van der Waals surface area contributed by atoms with Gasteiger partial charge in [-0.05, 0) is 51.0 Å². The summed E-state index contributed by atoms with van der Waals surface area (Å²) < 4.78 is 30.0. The molecular formula is C51H95N2O7P. The number of nitrogens with one attached hydrogen (secondary N) is 1. The number of quaternary nitrogens is 1. The Bertz CT molecular complexity index is 1200. The Kier molecular flexibility index (Phi) is 40.6. The predicted molar refractivity (Wildman–Crippen MR) is 256 cm³/mol. The SMILES string of the molecule is CC/C=C/C=C/C=C\CCCCCCCC(=O)OC(/C=C/CCCCCCCCCCC)C(COP(=O)([O-])OCC[N+](C)(C)C)NC(=O)CCCCCCCCCCCCC. The van der Waals surface area contributed by atoms with E-state index in [0.29, 0.717) is 23.9 Å². The van der Waals surface area contributed by atoms with Gasteiger partial charge in [0.05, 0.1) is 33.8 Å². The summed E-state index contributed by atoms with van der Waals surface area (Å²) in [6, 6.07) is -0.890. The number of likely N-dealkylation sites (N-methyl/N-ethyl adjacent to an activating group) is 1. The third kappa shape index (κ3) is 43.0. The van der Waals surface area contributed by atoms with E-state index in [1.807, 2.05) is 39.4 Å². The minimum absolute atomic E-state index is 0.0256. The molecule has 0 fully saturated rings. The fourth-order valence-corrected chi connectivity index (χ4v) is 7.65. The maximum atomic E-state index is 13.4. The van der Waals surface area contributed by atoms with Gasteiger partial charge in [-0.1, -0.05) is 198 Å². The van der Waals surface area contributed by atoms with E-state index in [2.05, 4.69) is 56.5 Å². The highest BCUT2D eigenvalue weighted by atomic mass is 31.2. The Morgan fingerprint density at radius 1 is 0.590 bits per heavy atom. The van der Waals surface area contributed by atoms with Crippen LogP contribution in [0.2, 0.25) is 0 Å². The summed E-state index contributed by atoms with van der Waals surface area (Å²) in [6.45, 7) is 6.66. The highest BCUT2D eigenvalue weighted by Crippen LogP contribution is 2.38. The maximum Gasteiger partial charge on any atom is 0.306 e. The molecule has 1 N–H and O–H groups in total. The van der Waals surface area contributed by atoms with Gasteiger partial charge in [-0.25, -0.2) is 0 Å². The smallest absolute Gasteiger partial charge is 0.306 e. The molecule has 3 unspecified atom stereocenters. The first-order valence-electron chi connectivity index (χ1n) is 25.0. The maximum absolute atomic E-state index is 13.4. The van der Waals surface area contributed by atoms with E-state index < -0.39 is 26.6 Å². The standard InChI is InChI=1S/C51H95N2O7P/c1-7-10-13-16-19-22-25-26-29-32-35-38-41-44-51(55)60-49(42-39-36-33-30-27-23-20-17-14-11-8-2)48(47-59-61(56,57)58-46-45-53(4,5)6)52-50(54)43-40-37-34-31-28-24-21-18-15-12-9-3/h10,13,16,19,22,25,39,42,48-49H,7-9,11-12,14-15,17-18,20-21,23-24,26-38,40-41,43-47H2,1-6H3,(H-,52,54,56,57)/b13-10+,19-16+,25-22-,42-39+. The van der Waals surface area contributed by atoms with Gasteiger partial charge < -0.3 is 28.5 Å². The summed E-state index contributed by atoms with van der Waals surface area (Å²) in [5.41, 5.74) is 0. The number of hydrogen-bond donors (Lipinski definition) is 1. The molecule has 0 saturated carbocycles. The number of esters is 1. The number of phosphoric acid groups is 1. The van der Waals surface area contributed by atoms with Crippen LogP contribution in [-0.4, -0.2) is 69.4 Å². The molecular weight excluding hydrogens is 784 g/mol. The van der Waals surface area contributed by atoms with Crippen LogP contribution in [0.15, 0.2) is 48.6 Å². The van der Waals surface area contributed by atoms with Gasteiger partial charge in [0.2, 0.25) is 5.91 Å². The van der Waals surface area contributed by atoms with E-state index in [9.17, 15) is 19.0 Å². The predicted octanol–water partition coefficient (Wildman–Crippen LogP) is 13.6. The molecule has 10 heteroatoms. The number of allylic oxidation sites excluding steroid dienone is 7. The number of carbonyl (C=O) groups excluding carboxylic acids is 2. The van der Waals surface area contributed by atoms with Crippen molar-refractivity contribution in [3.05, 3.63) is 48.6 Å². The van der Waals surface area contributed by atoms with E-state index in [1.165, 1.54) is 96.3 Å². The third-order valence-corrected chi connectivity index (χ3v) is 11.8. The minimum Gasteiger partial charge on any atom is -0.756 e. The summed E-state index contributed by atoms with van der Waals surface area (Å²) in [6.07, 6.45) is 47.9. The molecule has 0 aliphatic carbocycles. The van der Waals surface area contributed by atoms with Crippen molar-refractivity contribution in [2.24, 2.45) is 0 Å². The van der Waals surface area contributed by atoms with Gasteiger partial charge in [-0.3, -0.25) is 14.2 Å². The normalized spacial score (nSPS) is 14.4. The van der Waals surface area contributed by atoms with E-state index >= 15 is 0 Å². The molecule has 0 aromatic carbocycles. The van der Waals surface area contributed by atoms with Crippen LogP contribution in [0.5, 0.6) is 0 Å². The van der Waals surface area contributed by atoms with Gasteiger partial charge in [0, 0.05) is 12.8 Å². The first-order chi connectivity index (χ1) is 29.4. The van der Waals surface area contributed by atoms with Crippen LogP contribution >= 0.6 is 7.82 Å². The molecule has 356 valence electrons. The van der Waals surface area contributed by atoms with Crippen LogP contribution < -0.4 is 10.2 Å². The molecule has 0 rings (SSSR count). The Hall–Kier alpha value is -2.03. The van der Waals surface area contributed by atoms with Crippen molar-refractivity contribution in [1.82, 2.24) is 5.32 Å². The second-order valence-electron chi connectivity index (χ2n) is 18.0.